The first-order valence-corrected chi connectivity index (χ1v) is 3.48. The van der Waals surface area contributed by atoms with Crippen LogP contribution in [0.2, 0.25) is 0 Å². The number of hydrogen-bond acceptors (Lipinski definition) is 3. The molecule has 0 unspecified atom stereocenters. The summed E-state index contributed by atoms with van der Waals surface area (Å²) in [6.07, 6.45) is 0. The molecule has 0 atom stereocenters. The van der Waals surface area contributed by atoms with E-state index in [-0.39, 0.29) is 47.1 Å². The third kappa shape index (κ3) is 61.2. The molecular formula is AgBiCuO3Sn. The molecule has 0 aromatic rings. The fourth-order valence-electron chi connectivity index (χ4n) is 0. The van der Waals surface area contributed by atoms with Crippen LogP contribution in [0.1, 0.15) is 0 Å². The van der Waals surface area contributed by atoms with Gasteiger partial charge in [-0.2, -0.15) is 0 Å². The quantitative estimate of drug-likeness (QED) is 0.362. The molecule has 0 saturated carbocycles. The molecule has 0 fully saturated rings. The summed E-state index contributed by atoms with van der Waals surface area (Å²) in [6, 6.07) is 0. The van der Waals surface area contributed by atoms with Crippen molar-refractivity contribution in [1.82, 2.24) is 0 Å². The van der Waals surface area contributed by atoms with Gasteiger partial charge in [-0.25, -0.2) is 0 Å². The van der Waals surface area contributed by atoms with Crippen molar-refractivity contribution in [2.45, 2.75) is 0 Å². The van der Waals surface area contributed by atoms with Crippen LogP contribution in [0.4, 0.5) is 0 Å². The Kier molecular flexibility index (Phi) is 267. The topological polar surface area (TPSA) is 51.2 Å². The minimum atomic E-state index is 0. The molecule has 0 bridgehead atoms. The third-order valence-electron chi connectivity index (χ3n) is 0. The molecule has 7 heavy (non-hydrogen) atoms. The first-order valence-electron chi connectivity index (χ1n) is 0.510. The SMILES string of the molecule is [Ag].[O]=[Bi].[O]=[Cu].[O]=[Sn]. The van der Waals surface area contributed by atoms with Crippen LogP contribution >= 0.6 is 0 Å². The third-order valence-corrected chi connectivity index (χ3v) is 0. The molecule has 0 saturated heterocycles. The Hall–Kier alpha value is 2.34. The van der Waals surface area contributed by atoms with Crippen molar-refractivity contribution in [3.8, 4) is 0 Å². The van der Waals surface area contributed by atoms with Gasteiger partial charge in [0, 0.05) is 22.4 Å². The van der Waals surface area contributed by atoms with Crippen molar-refractivity contribution in [2.24, 2.45) is 0 Å². The van der Waals surface area contributed by atoms with Gasteiger partial charge in [0.25, 0.3) is 0 Å². The van der Waals surface area contributed by atoms with E-state index in [9.17, 15) is 0 Å². The molecule has 0 aliphatic heterocycles. The van der Waals surface area contributed by atoms with E-state index in [1.165, 1.54) is 0 Å². The molecule has 4 radical (unpaired) electrons. The van der Waals surface area contributed by atoms with Gasteiger partial charge < -0.3 is 0 Å². The summed E-state index contributed by atoms with van der Waals surface area (Å²) >= 11 is 3.43. The second-order valence-corrected chi connectivity index (χ2v) is 0. The van der Waals surface area contributed by atoms with Gasteiger partial charge in [0.05, 0.1) is 0 Å². The molecule has 0 aromatic carbocycles. The monoisotopic (exact) mass is 547 g/mol. The summed E-state index contributed by atoms with van der Waals surface area (Å²) in [5, 5.41) is 0. The first kappa shape index (κ1) is 22.8. The van der Waals surface area contributed by atoms with E-state index in [0.717, 1.165) is 0 Å². The zero-order valence-electron chi connectivity index (χ0n) is 2.77. The summed E-state index contributed by atoms with van der Waals surface area (Å²) < 4.78 is 24.5. The summed E-state index contributed by atoms with van der Waals surface area (Å²) in [5.41, 5.74) is 0. The zero-order valence-corrected chi connectivity index (χ0v) is 11.5. The van der Waals surface area contributed by atoms with Gasteiger partial charge in [0.2, 0.25) is 0 Å². The van der Waals surface area contributed by atoms with Crippen LogP contribution in [0.15, 0.2) is 0 Å². The molecule has 0 aliphatic rings. The average molecular weight is 547 g/mol. The Morgan fingerprint density at radius 2 is 1.14 bits per heavy atom. The summed E-state index contributed by atoms with van der Waals surface area (Å²) in [5.74, 6) is 0. The molecule has 0 amide bonds. The first-order chi connectivity index (χ1) is 3.00. The van der Waals surface area contributed by atoms with Crippen LogP contribution in [0, 0.1) is 0 Å². The average Bonchev–Trinajstić information content (AvgIpc) is 1.81. The van der Waals surface area contributed by atoms with Crippen molar-refractivity contribution in [3.05, 3.63) is 0 Å². The maximum absolute atomic E-state index is 8.36. The molecule has 49 valence electrons. The van der Waals surface area contributed by atoms with Crippen molar-refractivity contribution in [2.75, 3.05) is 0 Å². The van der Waals surface area contributed by atoms with Gasteiger partial charge in [-0.3, -0.25) is 0 Å². The van der Waals surface area contributed by atoms with Crippen molar-refractivity contribution in [1.29, 1.82) is 0 Å². The van der Waals surface area contributed by atoms with E-state index in [1.807, 2.05) is 0 Å². The summed E-state index contributed by atoms with van der Waals surface area (Å²) in [6.45, 7) is 0. The fraction of sp³-hybridized carbons (Fsp3) is 0. The van der Waals surface area contributed by atoms with E-state index in [2.05, 4.69) is 15.9 Å². The number of rotatable bonds is 0. The zero-order chi connectivity index (χ0) is 6.00. The van der Waals surface area contributed by atoms with Gasteiger partial charge in [-0.15, -0.1) is 0 Å². The van der Waals surface area contributed by atoms with E-state index < -0.39 is 0 Å². The molecule has 0 N–H and O–H groups in total. The Morgan fingerprint density at radius 1 is 1.14 bits per heavy atom. The van der Waals surface area contributed by atoms with Crippen LogP contribution < -0.4 is 0 Å². The summed E-state index contributed by atoms with van der Waals surface area (Å²) in [7, 11) is 0. The maximum atomic E-state index is 8.36. The molecule has 0 spiro atoms. The normalized spacial score (nSPS) is 2.00. The van der Waals surface area contributed by atoms with Gasteiger partial charge in [-0.1, -0.05) is 0 Å². The van der Waals surface area contributed by atoms with Crippen LogP contribution in [0.3, 0.4) is 0 Å². The predicted molar refractivity (Wildman–Crippen MR) is 13.6 cm³/mol. The summed E-state index contributed by atoms with van der Waals surface area (Å²) in [4.78, 5) is 0. The number of hydrogen-bond donors (Lipinski definition) is 0. The Bertz CT molecular complexity index is 19.7. The van der Waals surface area contributed by atoms with E-state index in [0.29, 0.717) is 22.5 Å². The van der Waals surface area contributed by atoms with Crippen LogP contribution in [-0.2, 0) is 48.0 Å². The minimum absolute atomic E-state index is 0. The van der Waals surface area contributed by atoms with Crippen molar-refractivity contribution >= 4 is 47.2 Å². The Balaban J connectivity index is -0.00000000900. The second kappa shape index (κ2) is 82.0. The van der Waals surface area contributed by atoms with Crippen LogP contribution in [-0.4, -0.2) is 47.2 Å². The van der Waals surface area contributed by atoms with Gasteiger partial charge >= 0.3 is 72.9 Å². The molecule has 0 heterocycles. The van der Waals surface area contributed by atoms with Crippen LogP contribution in [0.5, 0.6) is 0 Å². The van der Waals surface area contributed by atoms with Crippen molar-refractivity contribution < 1.29 is 48.0 Å². The molecule has 0 aromatic heterocycles. The fourth-order valence-corrected chi connectivity index (χ4v) is 0. The molecule has 7 heteroatoms. The Morgan fingerprint density at radius 3 is 1.14 bits per heavy atom. The van der Waals surface area contributed by atoms with E-state index in [1.54, 1.807) is 0 Å². The van der Waals surface area contributed by atoms with Gasteiger partial charge in [0.1, 0.15) is 0 Å². The van der Waals surface area contributed by atoms with Gasteiger partial charge in [0.15, 0.2) is 0 Å². The molecule has 0 rings (SSSR count). The van der Waals surface area contributed by atoms with Crippen LogP contribution in [0.25, 0.3) is 0 Å². The van der Waals surface area contributed by atoms with Crippen molar-refractivity contribution in [3.63, 3.8) is 0 Å². The predicted octanol–water partition coefficient (Wildman–Crippen LogP) is -1.12. The molecule has 3 nitrogen and oxygen atoms in total. The molecule has 0 aliphatic carbocycles. The second-order valence-electron chi connectivity index (χ2n) is 0. The van der Waals surface area contributed by atoms with E-state index in [4.69, 9.17) is 9.72 Å². The molecular weight excluding hydrogens is 547 g/mol. The Labute approximate surface area is 93.7 Å². The van der Waals surface area contributed by atoms with E-state index >= 15 is 0 Å². The standard InChI is InChI=1S/Ag.Bi.Cu.3O.Sn. The van der Waals surface area contributed by atoms with Gasteiger partial charge in [-0.05, 0) is 0 Å².